The molecule has 1 fully saturated rings. The van der Waals surface area contributed by atoms with Crippen molar-refractivity contribution >= 4 is 34.8 Å². The van der Waals surface area contributed by atoms with Gasteiger partial charge in [0, 0.05) is 29.4 Å². The Bertz CT molecular complexity index is 766. The molecule has 2 amide bonds. The fourth-order valence-corrected chi connectivity index (χ4v) is 3.12. The molecule has 5 heteroatoms. The standard InChI is InChI=1S/C19H19ClN2O2/c1-12-4-3-5-13(2)18(12)21-19(24)14-10-17(23)22(11-14)16-8-6-15(20)7-9-16/h3-9,14H,10-11H2,1-2H3,(H,21,24). The zero-order valence-corrected chi connectivity index (χ0v) is 14.4. The smallest absolute Gasteiger partial charge is 0.229 e. The van der Waals surface area contributed by atoms with Gasteiger partial charge in [-0.1, -0.05) is 29.8 Å². The number of nitrogens with zero attached hydrogens (tertiary/aromatic N) is 1. The summed E-state index contributed by atoms with van der Waals surface area (Å²) in [7, 11) is 0. The summed E-state index contributed by atoms with van der Waals surface area (Å²) in [6.07, 6.45) is 0.222. The Hall–Kier alpha value is -2.33. The van der Waals surface area contributed by atoms with Crippen molar-refractivity contribution in [1.82, 2.24) is 0 Å². The summed E-state index contributed by atoms with van der Waals surface area (Å²) >= 11 is 5.89. The minimum absolute atomic E-state index is 0.0426. The van der Waals surface area contributed by atoms with Crippen molar-refractivity contribution in [3.63, 3.8) is 0 Å². The molecule has 1 N–H and O–H groups in total. The predicted octanol–water partition coefficient (Wildman–Crippen LogP) is 3.95. The first-order chi connectivity index (χ1) is 11.5. The predicted molar refractivity (Wildman–Crippen MR) is 96.5 cm³/mol. The minimum Gasteiger partial charge on any atom is -0.325 e. The molecule has 0 saturated carbocycles. The first-order valence-electron chi connectivity index (χ1n) is 7.88. The zero-order chi connectivity index (χ0) is 17.3. The molecular weight excluding hydrogens is 324 g/mol. The average Bonchev–Trinajstić information content (AvgIpc) is 2.94. The van der Waals surface area contributed by atoms with Crippen molar-refractivity contribution < 1.29 is 9.59 Å². The van der Waals surface area contributed by atoms with Crippen molar-refractivity contribution in [2.24, 2.45) is 5.92 Å². The topological polar surface area (TPSA) is 49.4 Å². The summed E-state index contributed by atoms with van der Waals surface area (Å²) in [5.41, 5.74) is 3.64. The second-order valence-electron chi connectivity index (χ2n) is 6.14. The molecule has 3 rings (SSSR count). The van der Waals surface area contributed by atoms with Gasteiger partial charge in [0.25, 0.3) is 0 Å². The lowest BCUT2D eigenvalue weighted by Crippen LogP contribution is -2.28. The number of amides is 2. The zero-order valence-electron chi connectivity index (χ0n) is 13.7. The highest BCUT2D eigenvalue weighted by atomic mass is 35.5. The lowest BCUT2D eigenvalue weighted by molar-refractivity contribution is -0.122. The van der Waals surface area contributed by atoms with E-state index in [-0.39, 0.29) is 24.2 Å². The van der Waals surface area contributed by atoms with Crippen LogP contribution in [0.1, 0.15) is 17.5 Å². The largest absolute Gasteiger partial charge is 0.325 e. The van der Waals surface area contributed by atoms with E-state index < -0.39 is 0 Å². The number of halogens is 1. The van der Waals surface area contributed by atoms with Crippen LogP contribution in [0.25, 0.3) is 0 Å². The number of para-hydroxylation sites is 1. The molecule has 1 atom stereocenters. The minimum atomic E-state index is -0.354. The van der Waals surface area contributed by atoms with Crippen LogP contribution in [0.3, 0.4) is 0 Å². The third kappa shape index (κ3) is 3.29. The van der Waals surface area contributed by atoms with Gasteiger partial charge in [-0.2, -0.15) is 0 Å². The molecule has 0 radical (unpaired) electrons. The highest BCUT2D eigenvalue weighted by Gasteiger charge is 2.35. The SMILES string of the molecule is Cc1cccc(C)c1NC(=O)C1CC(=O)N(c2ccc(Cl)cc2)C1. The number of benzene rings is 2. The summed E-state index contributed by atoms with van der Waals surface area (Å²) in [6, 6.07) is 13.0. The van der Waals surface area contributed by atoms with Crippen LogP contribution in [0, 0.1) is 19.8 Å². The highest BCUT2D eigenvalue weighted by molar-refractivity contribution is 6.30. The Morgan fingerprint density at radius 3 is 2.38 bits per heavy atom. The van der Waals surface area contributed by atoms with Gasteiger partial charge >= 0.3 is 0 Å². The molecule has 24 heavy (non-hydrogen) atoms. The Labute approximate surface area is 146 Å². The normalized spacial score (nSPS) is 17.2. The van der Waals surface area contributed by atoms with Gasteiger partial charge in [-0.15, -0.1) is 0 Å². The third-order valence-electron chi connectivity index (χ3n) is 4.36. The van der Waals surface area contributed by atoms with Crippen LogP contribution < -0.4 is 10.2 Å². The molecule has 1 aliphatic rings. The van der Waals surface area contributed by atoms with Gasteiger partial charge in [0.05, 0.1) is 5.92 Å². The van der Waals surface area contributed by atoms with Crippen molar-refractivity contribution in [2.45, 2.75) is 20.3 Å². The van der Waals surface area contributed by atoms with E-state index >= 15 is 0 Å². The van der Waals surface area contributed by atoms with Crippen LogP contribution in [0.2, 0.25) is 5.02 Å². The van der Waals surface area contributed by atoms with Gasteiger partial charge in [0.1, 0.15) is 0 Å². The number of hydrogen-bond donors (Lipinski definition) is 1. The van der Waals surface area contributed by atoms with Crippen LogP contribution in [0.4, 0.5) is 11.4 Å². The number of hydrogen-bond acceptors (Lipinski definition) is 2. The van der Waals surface area contributed by atoms with Crippen molar-refractivity contribution in [3.8, 4) is 0 Å². The average molecular weight is 343 g/mol. The van der Waals surface area contributed by atoms with Crippen LogP contribution in [0.15, 0.2) is 42.5 Å². The molecule has 1 aliphatic heterocycles. The summed E-state index contributed by atoms with van der Waals surface area (Å²) in [5.74, 6) is -0.511. The molecule has 0 aliphatic carbocycles. The van der Waals surface area contributed by atoms with E-state index in [2.05, 4.69) is 5.32 Å². The van der Waals surface area contributed by atoms with Gasteiger partial charge in [0.15, 0.2) is 0 Å². The Balaban J connectivity index is 1.73. The van der Waals surface area contributed by atoms with E-state index in [4.69, 9.17) is 11.6 Å². The van der Waals surface area contributed by atoms with E-state index in [1.54, 1.807) is 29.2 Å². The van der Waals surface area contributed by atoms with Gasteiger partial charge in [-0.25, -0.2) is 0 Å². The van der Waals surface area contributed by atoms with E-state index in [1.807, 2.05) is 32.0 Å². The van der Waals surface area contributed by atoms with Crippen molar-refractivity contribution in [3.05, 3.63) is 58.6 Å². The van der Waals surface area contributed by atoms with Gasteiger partial charge in [0.2, 0.25) is 11.8 Å². The van der Waals surface area contributed by atoms with E-state index in [0.29, 0.717) is 11.6 Å². The number of rotatable bonds is 3. The first kappa shape index (κ1) is 16.5. The Morgan fingerprint density at radius 2 is 1.75 bits per heavy atom. The van der Waals surface area contributed by atoms with Gasteiger partial charge in [-0.05, 0) is 49.2 Å². The number of carbonyl (C=O) groups excluding carboxylic acids is 2. The molecule has 4 nitrogen and oxygen atoms in total. The quantitative estimate of drug-likeness (QED) is 0.918. The summed E-state index contributed by atoms with van der Waals surface area (Å²) in [5, 5.41) is 3.60. The molecule has 0 aromatic heterocycles. The van der Waals surface area contributed by atoms with Crippen LogP contribution in [-0.2, 0) is 9.59 Å². The molecule has 1 unspecified atom stereocenters. The number of carbonyl (C=O) groups is 2. The first-order valence-corrected chi connectivity index (χ1v) is 8.26. The second-order valence-corrected chi connectivity index (χ2v) is 6.57. The summed E-state index contributed by atoms with van der Waals surface area (Å²) in [6.45, 7) is 4.31. The summed E-state index contributed by atoms with van der Waals surface area (Å²) < 4.78 is 0. The maximum absolute atomic E-state index is 12.6. The lowest BCUT2D eigenvalue weighted by Gasteiger charge is -2.17. The number of aryl methyl sites for hydroxylation is 2. The number of anilines is 2. The van der Waals surface area contributed by atoms with E-state index in [0.717, 1.165) is 22.5 Å². The van der Waals surface area contributed by atoms with Crippen molar-refractivity contribution in [1.29, 1.82) is 0 Å². The fourth-order valence-electron chi connectivity index (χ4n) is 2.99. The maximum Gasteiger partial charge on any atom is 0.229 e. The molecular formula is C19H19ClN2O2. The van der Waals surface area contributed by atoms with E-state index in [1.165, 1.54) is 0 Å². The van der Waals surface area contributed by atoms with Gasteiger partial charge < -0.3 is 10.2 Å². The van der Waals surface area contributed by atoms with Gasteiger partial charge in [-0.3, -0.25) is 9.59 Å². The highest BCUT2D eigenvalue weighted by Crippen LogP contribution is 2.28. The monoisotopic (exact) mass is 342 g/mol. The maximum atomic E-state index is 12.6. The van der Waals surface area contributed by atoms with E-state index in [9.17, 15) is 9.59 Å². The second kappa shape index (κ2) is 6.65. The Morgan fingerprint density at radius 1 is 1.12 bits per heavy atom. The molecule has 1 heterocycles. The molecule has 0 spiro atoms. The molecule has 0 bridgehead atoms. The summed E-state index contributed by atoms with van der Waals surface area (Å²) in [4.78, 5) is 26.5. The van der Waals surface area contributed by atoms with Crippen molar-refractivity contribution in [2.75, 3.05) is 16.8 Å². The molecule has 1 saturated heterocycles. The molecule has 124 valence electrons. The van der Waals surface area contributed by atoms with Crippen LogP contribution in [-0.4, -0.2) is 18.4 Å². The van der Waals surface area contributed by atoms with Crippen LogP contribution >= 0.6 is 11.6 Å². The Kier molecular flexibility index (Phi) is 4.58. The molecule has 2 aromatic rings. The fraction of sp³-hybridized carbons (Fsp3) is 0.263. The third-order valence-corrected chi connectivity index (χ3v) is 4.62. The number of nitrogens with one attached hydrogen (secondary N) is 1. The lowest BCUT2D eigenvalue weighted by atomic mass is 10.1. The molecule has 2 aromatic carbocycles. The van der Waals surface area contributed by atoms with Crippen LogP contribution in [0.5, 0.6) is 0 Å².